The van der Waals surface area contributed by atoms with E-state index in [1.54, 1.807) is 14.2 Å². The van der Waals surface area contributed by atoms with Crippen LogP contribution in [0.15, 0.2) is 17.1 Å². The highest BCUT2D eigenvalue weighted by molar-refractivity contribution is 6.04. The molecule has 0 fully saturated rings. The number of rotatable bonds is 3. The molecule has 0 atom stereocenters. The van der Waals surface area contributed by atoms with Crippen molar-refractivity contribution in [2.24, 2.45) is 10.7 Å². The highest BCUT2D eigenvalue weighted by Gasteiger charge is 2.17. The van der Waals surface area contributed by atoms with E-state index >= 15 is 0 Å². The summed E-state index contributed by atoms with van der Waals surface area (Å²) in [6.45, 7) is 1.26. The molecule has 0 bridgehead atoms. The van der Waals surface area contributed by atoms with Crippen molar-refractivity contribution in [2.75, 3.05) is 27.3 Å². The molecule has 0 amide bonds. The van der Waals surface area contributed by atoms with Gasteiger partial charge in [0.05, 0.1) is 19.9 Å². The molecule has 1 aromatic carbocycles. The molecule has 1 aliphatic rings. The number of ether oxygens (including phenoxy) is 2. The molecule has 4 nitrogen and oxygen atoms in total. The van der Waals surface area contributed by atoms with Crippen molar-refractivity contribution in [3.8, 4) is 11.5 Å². The average molecular weight is 220 g/mol. The number of nitrogens with zero attached hydrogens (tertiary/aromatic N) is 1. The van der Waals surface area contributed by atoms with Crippen molar-refractivity contribution in [1.29, 1.82) is 0 Å². The zero-order valence-electron chi connectivity index (χ0n) is 9.62. The fraction of sp³-hybridized carbons (Fsp3) is 0.417. The molecule has 2 rings (SSSR count). The zero-order chi connectivity index (χ0) is 11.5. The lowest BCUT2D eigenvalue weighted by atomic mass is 9.97. The molecule has 0 saturated carbocycles. The van der Waals surface area contributed by atoms with Crippen LogP contribution in [0.25, 0.3) is 0 Å². The third-order valence-electron chi connectivity index (χ3n) is 2.80. The third kappa shape index (κ3) is 1.76. The van der Waals surface area contributed by atoms with Gasteiger partial charge in [-0.25, -0.2) is 0 Å². The van der Waals surface area contributed by atoms with Crippen LogP contribution in [-0.4, -0.2) is 33.0 Å². The Morgan fingerprint density at radius 2 is 1.94 bits per heavy atom. The summed E-state index contributed by atoms with van der Waals surface area (Å²) in [5.41, 5.74) is 8.94. The molecule has 2 N–H and O–H groups in total. The molecule has 4 heteroatoms. The van der Waals surface area contributed by atoms with Gasteiger partial charge < -0.3 is 15.2 Å². The van der Waals surface area contributed by atoms with Gasteiger partial charge in [0, 0.05) is 18.7 Å². The normalized spacial score (nSPS) is 14.1. The van der Waals surface area contributed by atoms with Gasteiger partial charge in [0.15, 0.2) is 11.5 Å². The average Bonchev–Trinajstić information content (AvgIpc) is 2.36. The fourth-order valence-electron chi connectivity index (χ4n) is 1.97. The Kier molecular flexibility index (Phi) is 3.10. The Morgan fingerprint density at radius 1 is 1.25 bits per heavy atom. The second kappa shape index (κ2) is 4.53. The Labute approximate surface area is 95.1 Å². The van der Waals surface area contributed by atoms with Crippen molar-refractivity contribution in [3.63, 3.8) is 0 Å². The zero-order valence-corrected chi connectivity index (χ0v) is 9.62. The van der Waals surface area contributed by atoms with E-state index in [2.05, 4.69) is 4.99 Å². The van der Waals surface area contributed by atoms with E-state index in [1.165, 1.54) is 5.56 Å². The number of aliphatic imine (C=N–C) groups is 1. The van der Waals surface area contributed by atoms with Crippen LogP contribution in [-0.2, 0) is 6.42 Å². The van der Waals surface area contributed by atoms with Crippen molar-refractivity contribution in [1.82, 2.24) is 0 Å². The maximum Gasteiger partial charge on any atom is 0.161 e. The molecule has 1 aliphatic heterocycles. The smallest absolute Gasteiger partial charge is 0.161 e. The first-order chi connectivity index (χ1) is 7.80. The molecule has 1 aromatic rings. The summed E-state index contributed by atoms with van der Waals surface area (Å²) < 4.78 is 10.5. The second-order valence-electron chi connectivity index (χ2n) is 3.65. The maximum absolute atomic E-state index is 5.68. The number of hydrogen-bond acceptors (Lipinski definition) is 4. The van der Waals surface area contributed by atoms with Gasteiger partial charge in [0.2, 0.25) is 0 Å². The topological polar surface area (TPSA) is 56.8 Å². The van der Waals surface area contributed by atoms with Gasteiger partial charge >= 0.3 is 0 Å². The Morgan fingerprint density at radius 3 is 2.56 bits per heavy atom. The second-order valence-corrected chi connectivity index (χ2v) is 3.65. The third-order valence-corrected chi connectivity index (χ3v) is 2.80. The van der Waals surface area contributed by atoms with E-state index in [1.807, 2.05) is 12.1 Å². The number of benzene rings is 1. The van der Waals surface area contributed by atoms with Crippen LogP contribution in [0.3, 0.4) is 0 Å². The van der Waals surface area contributed by atoms with Gasteiger partial charge in [-0.05, 0) is 24.1 Å². The molecular weight excluding hydrogens is 204 g/mol. The molecule has 0 radical (unpaired) electrons. The first-order valence-corrected chi connectivity index (χ1v) is 5.28. The number of nitrogens with two attached hydrogens (primary N) is 1. The van der Waals surface area contributed by atoms with Crippen LogP contribution in [0.4, 0.5) is 0 Å². The SMILES string of the molecule is COc1cc2c(cc1OC)C(CN)=NCC2. The Hall–Kier alpha value is -1.55. The van der Waals surface area contributed by atoms with E-state index in [9.17, 15) is 0 Å². The summed E-state index contributed by atoms with van der Waals surface area (Å²) in [6, 6.07) is 3.97. The molecule has 0 aliphatic carbocycles. The standard InChI is InChI=1S/C12H16N2O2/c1-15-11-5-8-3-4-14-10(7-13)9(8)6-12(11)16-2/h5-6H,3-4,7,13H2,1-2H3. The molecular formula is C12H16N2O2. The summed E-state index contributed by atoms with van der Waals surface area (Å²) in [7, 11) is 3.28. The number of fused-ring (bicyclic) bond motifs is 1. The van der Waals surface area contributed by atoms with Crippen molar-refractivity contribution < 1.29 is 9.47 Å². The van der Waals surface area contributed by atoms with Gasteiger partial charge in [-0.2, -0.15) is 0 Å². The molecule has 0 spiro atoms. The lowest BCUT2D eigenvalue weighted by Crippen LogP contribution is -2.21. The van der Waals surface area contributed by atoms with E-state index in [-0.39, 0.29) is 0 Å². The maximum atomic E-state index is 5.68. The lowest BCUT2D eigenvalue weighted by molar-refractivity contribution is 0.354. The van der Waals surface area contributed by atoms with Gasteiger partial charge in [-0.3, -0.25) is 4.99 Å². The van der Waals surface area contributed by atoms with Gasteiger partial charge in [-0.1, -0.05) is 0 Å². The predicted octanol–water partition coefficient (Wildman–Crippen LogP) is 1.01. The Balaban J connectivity index is 2.52. The quantitative estimate of drug-likeness (QED) is 0.827. The lowest BCUT2D eigenvalue weighted by Gasteiger charge is -2.18. The molecule has 0 unspecified atom stereocenters. The van der Waals surface area contributed by atoms with Gasteiger partial charge in [0.1, 0.15) is 0 Å². The largest absolute Gasteiger partial charge is 0.493 e. The number of methoxy groups -OCH3 is 2. The van der Waals surface area contributed by atoms with Crippen molar-refractivity contribution in [2.45, 2.75) is 6.42 Å². The minimum Gasteiger partial charge on any atom is -0.493 e. The predicted molar refractivity (Wildman–Crippen MR) is 63.7 cm³/mol. The van der Waals surface area contributed by atoms with Crippen LogP contribution >= 0.6 is 0 Å². The summed E-state index contributed by atoms with van der Waals surface area (Å²) in [6.07, 6.45) is 0.930. The van der Waals surface area contributed by atoms with Crippen LogP contribution in [0.1, 0.15) is 11.1 Å². The van der Waals surface area contributed by atoms with E-state index in [4.69, 9.17) is 15.2 Å². The van der Waals surface area contributed by atoms with Crippen LogP contribution in [0, 0.1) is 0 Å². The summed E-state index contributed by atoms with van der Waals surface area (Å²) in [5, 5.41) is 0. The Bertz CT molecular complexity index is 427. The van der Waals surface area contributed by atoms with Gasteiger partial charge in [0.25, 0.3) is 0 Å². The van der Waals surface area contributed by atoms with Crippen LogP contribution < -0.4 is 15.2 Å². The van der Waals surface area contributed by atoms with Crippen molar-refractivity contribution >= 4 is 5.71 Å². The van der Waals surface area contributed by atoms with Crippen LogP contribution in [0.2, 0.25) is 0 Å². The molecule has 0 aromatic heterocycles. The van der Waals surface area contributed by atoms with E-state index < -0.39 is 0 Å². The number of hydrogen-bond donors (Lipinski definition) is 1. The summed E-state index contributed by atoms with van der Waals surface area (Å²) in [4.78, 5) is 4.42. The monoisotopic (exact) mass is 220 g/mol. The highest BCUT2D eigenvalue weighted by Crippen LogP contribution is 2.32. The molecule has 86 valence electrons. The fourth-order valence-corrected chi connectivity index (χ4v) is 1.97. The molecule has 16 heavy (non-hydrogen) atoms. The van der Waals surface area contributed by atoms with E-state index in [0.717, 1.165) is 35.7 Å². The first-order valence-electron chi connectivity index (χ1n) is 5.28. The molecule has 1 heterocycles. The summed E-state index contributed by atoms with van der Waals surface area (Å²) >= 11 is 0. The molecule has 0 saturated heterocycles. The van der Waals surface area contributed by atoms with E-state index in [0.29, 0.717) is 6.54 Å². The highest BCUT2D eigenvalue weighted by atomic mass is 16.5. The minimum absolute atomic E-state index is 0.461. The van der Waals surface area contributed by atoms with Gasteiger partial charge in [-0.15, -0.1) is 0 Å². The van der Waals surface area contributed by atoms with Crippen LogP contribution in [0.5, 0.6) is 11.5 Å². The summed E-state index contributed by atoms with van der Waals surface area (Å²) in [5.74, 6) is 1.49. The minimum atomic E-state index is 0.461. The first kappa shape index (κ1) is 11.0. The van der Waals surface area contributed by atoms with Crippen molar-refractivity contribution in [3.05, 3.63) is 23.3 Å².